The number of ether oxygens (including phenoxy) is 1. The van der Waals surface area contributed by atoms with Gasteiger partial charge in [-0.2, -0.15) is 0 Å². The largest absolute Gasteiger partial charge is 0.492 e. The third-order valence-electron chi connectivity index (χ3n) is 1.90. The number of allylic oxidation sites excluding steroid dienone is 3. The van der Waals surface area contributed by atoms with E-state index in [0.717, 1.165) is 28.8 Å². The lowest BCUT2D eigenvalue weighted by molar-refractivity contribution is 0.216. The highest BCUT2D eigenvalue weighted by Crippen LogP contribution is 2.18. The lowest BCUT2D eigenvalue weighted by atomic mass is 10.2. The molecule has 0 N–H and O–H groups in total. The van der Waals surface area contributed by atoms with E-state index in [1.807, 2.05) is 26.8 Å². The van der Waals surface area contributed by atoms with Gasteiger partial charge >= 0.3 is 0 Å². The maximum absolute atomic E-state index is 5.61. The third-order valence-corrected chi connectivity index (χ3v) is 2.29. The van der Waals surface area contributed by atoms with Gasteiger partial charge in [0.15, 0.2) is 0 Å². The van der Waals surface area contributed by atoms with E-state index in [2.05, 4.69) is 36.0 Å². The normalized spacial score (nSPS) is 10.3. The Morgan fingerprint density at radius 3 is 2.18 bits per heavy atom. The molecular formula is C15H27BrO. The second-order valence-corrected chi connectivity index (χ2v) is 4.63. The Hall–Kier alpha value is -0.500. The van der Waals surface area contributed by atoms with Crippen LogP contribution in [-0.4, -0.2) is 6.61 Å². The van der Waals surface area contributed by atoms with Crippen LogP contribution in [0.25, 0.3) is 0 Å². The summed E-state index contributed by atoms with van der Waals surface area (Å²) in [7, 11) is 0. The van der Waals surface area contributed by atoms with Gasteiger partial charge in [-0.3, -0.25) is 0 Å². The molecule has 0 rings (SSSR count). The van der Waals surface area contributed by atoms with Crippen LogP contribution in [0, 0.1) is 0 Å². The highest BCUT2D eigenvalue weighted by atomic mass is 79.9. The van der Waals surface area contributed by atoms with Gasteiger partial charge in [0, 0.05) is 0 Å². The van der Waals surface area contributed by atoms with E-state index in [9.17, 15) is 0 Å². The second-order valence-electron chi connectivity index (χ2n) is 3.67. The molecule has 100 valence electrons. The molecule has 2 heteroatoms. The molecule has 0 aliphatic carbocycles. The molecule has 0 aromatic rings. The molecule has 0 amide bonds. The Balaban J connectivity index is 0. The average molecular weight is 303 g/mol. The predicted octanol–water partition coefficient (Wildman–Crippen LogP) is 5.98. The van der Waals surface area contributed by atoms with Crippen molar-refractivity contribution in [2.75, 3.05) is 6.61 Å². The van der Waals surface area contributed by atoms with Crippen molar-refractivity contribution in [2.24, 2.45) is 0 Å². The van der Waals surface area contributed by atoms with Gasteiger partial charge in [-0.1, -0.05) is 58.8 Å². The van der Waals surface area contributed by atoms with Gasteiger partial charge in [0.05, 0.1) is 11.1 Å². The van der Waals surface area contributed by atoms with Gasteiger partial charge in [0.25, 0.3) is 0 Å². The lowest BCUT2D eigenvalue weighted by Gasteiger charge is -2.09. The van der Waals surface area contributed by atoms with Crippen molar-refractivity contribution >= 4 is 15.9 Å². The highest BCUT2D eigenvalue weighted by Gasteiger charge is 2.00. The zero-order valence-electron chi connectivity index (χ0n) is 11.8. The second kappa shape index (κ2) is 13.6. The Kier molecular flexibility index (Phi) is 15.0. The number of hydrogen-bond acceptors (Lipinski definition) is 1. The minimum absolute atomic E-state index is 0.754. The molecule has 0 heterocycles. The fourth-order valence-corrected chi connectivity index (χ4v) is 1.36. The van der Waals surface area contributed by atoms with Gasteiger partial charge in [-0.25, -0.2) is 0 Å². The van der Waals surface area contributed by atoms with Crippen LogP contribution in [-0.2, 0) is 4.74 Å². The van der Waals surface area contributed by atoms with Crippen LogP contribution in [0.4, 0.5) is 0 Å². The third kappa shape index (κ3) is 13.4. The zero-order valence-corrected chi connectivity index (χ0v) is 13.4. The Labute approximate surface area is 116 Å². The lowest BCUT2D eigenvalue weighted by Crippen LogP contribution is -1.95. The van der Waals surface area contributed by atoms with E-state index < -0.39 is 0 Å². The average Bonchev–Trinajstić information content (AvgIpc) is 2.29. The summed E-state index contributed by atoms with van der Waals surface area (Å²) in [6.07, 6.45) is 6.75. The Morgan fingerprint density at radius 2 is 1.76 bits per heavy atom. The van der Waals surface area contributed by atoms with Crippen molar-refractivity contribution in [1.29, 1.82) is 0 Å². The molecule has 0 bridgehead atoms. The first-order valence-corrected chi connectivity index (χ1v) is 7.22. The summed E-state index contributed by atoms with van der Waals surface area (Å²) in [6, 6.07) is 0. The van der Waals surface area contributed by atoms with Crippen molar-refractivity contribution in [3.63, 3.8) is 0 Å². The van der Waals surface area contributed by atoms with E-state index in [1.165, 1.54) is 19.3 Å². The fourth-order valence-electron chi connectivity index (χ4n) is 1.13. The van der Waals surface area contributed by atoms with E-state index in [1.54, 1.807) is 0 Å². The van der Waals surface area contributed by atoms with E-state index in [-0.39, 0.29) is 0 Å². The SMILES string of the molecule is C=C(C)/C=C(/OCCCCCC)C(=C)Br.CC. The first-order valence-electron chi connectivity index (χ1n) is 6.42. The number of halogens is 1. The van der Waals surface area contributed by atoms with Gasteiger partial charge < -0.3 is 4.74 Å². The number of unbranched alkanes of at least 4 members (excludes halogenated alkanes) is 3. The fraction of sp³-hybridized carbons (Fsp3) is 0.600. The molecule has 0 spiro atoms. The molecule has 0 atom stereocenters. The van der Waals surface area contributed by atoms with Crippen molar-refractivity contribution in [1.82, 2.24) is 0 Å². The zero-order chi connectivity index (χ0) is 13.7. The van der Waals surface area contributed by atoms with Crippen molar-refractivity contribution < 1.29 is 4.74 Å². The van der Waals surface area contributed by atoms with Gasteiger partial charge in [0.2, 0.25) is 0 Å². The minimum atomic E-state index is 0.754. The molecule has 0 aliphatic heterocycles. The van der Waals surface area contributed by atoms with Crippen LogP contribution in [0.2, 0.25) is 0 Å². The maximum atomic E-state index is 5.61. The van der Waals surface area contributed by atoms with Gasteiger partial charge in [0.1, 0.15) is 5.76 Å². The first kappa shape index (κ1) is 18.9. The molecular weight excluding hydrogens is 276 g/mol. The molecule has 1 nitrogen and oxygen atoms in total. The molecule has 0 radical (unpaired) electrons. The van der Waals surface area contributed by atoms with Crippen LogP contribution in [0.5, 0.6) is 0 Å². The van der Waals surface area contributed by atoms with Crippen LogP contribution in [0.15, 0.2) is 35.0 Å². The summed E-state index contributed by atoms with van der Waals surface area (Å²) in [5, 5.41) is 0. The highest BCUT2D eigenvalue weighted by molar-refractivity contribution is 9.11. The Bertz CT molecular complexity index is 241. The van der Waals surface area contributed by atoms with Crippen molar-refractivity contribution in [3.8, 4) is 0 Å². The smallest absolute Gasteiger partial charge is 0.133 e. The topological polar surface area (TPSA) is 9.23 Å². The summed E-state index contributed by atoms with van der Waals surface area (Å²) in [4.78, 5) is 0. The maximum Gasteiger partial charge on any atom is 0.133 e. The summed E-state index contributed by atoms with van der Waals surface area (Å²) < 4.78 is 6.39. The molecule has 0 aromatic heterocycles. The minimum Gasteiger partial charge on any atom is -0.492 e. The molecule has 17 heavy (non-hydrogen) atoms. The Morgan fingerprint density at radius 1 is 1.18 bits per heavy atom. The standard InChI is InChI=1S/C13H21BrO.C2H6/c1-5-6-7-8-9-15-13(12(4)14)10-11(2)3;1-2/h10H,2,4-9H2,1,3H3;1-2H3/b13-10+;. The van der Waals surface area contributed by atoms with E-state index in [4.69, 9.17) is 4.74 Å². The number of hydrogen-bond donors (Lipinski definition) is 0. The summed E-state index contributed by atoms with van der Waals surface area (Å²) in [5.41, 5.74) is 0.971. The molecule has 0 aliphatic rings. The van der Waals surface area contributed by atoms with Crippen LogP contribution in [0.1, 0.15) is 53.4 Å². The quantitative estimate of drug-likeness (QED) is 0.304. The van der Waals surface area contributed by atoms with Gasteiger partial charge in [-0.15, -0.1) is 0 Å². The molecule has 0 unspecified atom stereocenters. The number of rotatable bonds is 8. The predicted molar refractivity (Wildman–Crippen MR) is 82.4 cm³/mol. The van der Waals surface area contributed by atoms with E-state index >= 15 is 0 Å². The van der Waals surface area contributed by atoms with Crippen molar-refractivity contribution in [3.05, 3.63) is 35.0 Å². The molecule has 0 saturated heterocycles. The van der Waals surface area contributed by atoms with Crippen LogP contribution >= 0.6 is 15.9 Å². The molecule has 0 aromatic carbocycles. The van der Waals surface area contributed by atoms with Crippen LogP contribution in [0.3, 0.4) is 0 Å². The summed E-state index contributed by atoms with van der Waals surface area (Å²) >= 11 is 3.32. The van der Waals surface area contributed by atoms with Crippen LogP contribution < -0.4 is 0 Å². The summed E-state index contributed by atoms with van der Waals surface area (Å²) in [5.74, 6) is 0.791. The molecule has 0 fully saturated rings. The monoisotopic (exact) mass is 302 g/mol. The van der Waals surface area contributed by atoms with Crippen molar-refractivity contribution in [2.45, 2.75) is 53.4 Å². The summed E-state index contributed by atoms with van der Waals surface area (Å²) in [6.45, 7) is 16.5. The molecule has 0 saturated carbocycles. The first-order chi connectivity index (χ1) is 8.07. The van der Waals surface area contributed by atoms with Gasteiger partial charge in [-0.05, 0) is 35.4 Å². The van der Waals surface area contributed by atoms with E-state index in [0.29, 0.717) is 0 Å².